The summed E-state index contributed by atoms with van der Waals surface area (Å²) in [5.74, 6) is 1.77. The van der Waals surface area contributed by atoms with E-state index in [0.717, 1.165) is 28.4 Å². The quantitative estimate of drug-likeness (QED) is 0.596. The van der Waals surface area contributed by atoms with Gasteiger partial charge in [-0.2, -0.15) is 11.8 Å². The number of hydrogen-bond acceptors (Lipinski definition) is 4. The molecule has 1 unspecified atom stereocenters. The van der Waals surface area contributed by atoms with Gasteiger partial charge in [-0.3, -0.25) is 0 Å². The van der Waals surface area contributed by atoms with Gasteiger partial charge in [-0.25, -0.2) is 0 Å². The second-order valence-electron chi connectivity index (χ2n) is 4.19. The number of benzene rings is 1. The molecule has 5 heteroatoms. The largest absolute Gasteiger partial charge is 0.389 e. The number of hydrogen-bond donors (Lipinski definition) is 2. The fraction of sp³-hybridized carbons (Fsp3) is 0.462. The molecule has 18 heavy (non-hydrogen) atoms. The van der Waals surface area contributed by atoms with E-state index in [0.29, 0.717) is 10.9 Å². The van der Waals surface area contributed by atoms with Gasteiger partial charge in [0, 0.05) is 22.7 Å². The standard InChI is InChI=1S/C13H20N2S3/c1-9(8-17-2)7-15-10-5-4-6-11(18-3)12(10)13(14)16/h4-6,9,15H,7-8H2,1-3H3,(H2,14,16). The highest BCUT2D eigenvalue weighted by Gasteiger charge is 2.11. The summed E-state index contributed by atoms with van der Waals surface area (Å²) in [7, 11) is 0. The zero-order valence-corrected chi connectivity index (χ0v) is 13.5. The van der Waals surface area contributed by atoms with Gasteiger partial charge in [0.25, 0.3) is 0 Å². The Morgan fingerprint density at radius 1 is 1.44 bits per heavy atom. The van der Waals surface area contributed by atoms with Gasteiger partial charge in [0.1, 0.15) is 4.99 Å². The fourth-order valence-electron chi connectivity index (χ4n) is 1.73. The Morgan fingerprint density at radius 3 is 2.72 bits per heavy atom. The smallest absolute Gasteiger partial charge is 0.107 e. The predicted octanol–water partition coefficient (Wildman–Crippen LogP) is 3.45. The van der Waals surface area contributed by atoms with Crippen molar-refractivity contribution >= 4 is 46.4 Å². The first-order valence-electron chi connectivity index (χ1n) is 5.79. The van der Waals surface area contributed by atoms with E-state index >= 15 is 0 Å². The number of thiocarbonyl (C=S) groups is 1. The summed E-state index contributed by atoms with van der Waals surface area (Å²) >= 11 is 8.69. The monoisotopic (exact) mass is 300 g/mol. The van der Waals surface area contributed by atoms with E-state index in [-0.39, 0.29) is 0 Å². The van der Waals surface area contributed by atoms with Crippen molar-refractivity contribution in [1.29, 1.82) is 0 Å². The molecule has 0 aliphatic heterocycles. The third-order valence-corrected chi connectivity index (χ3v) is 4.47. The highest BCUT2D eigenvalue weighted by molar-refractivity contribution is 7.98. The maximum atomic E-state index is 5.83. The predicted molar refractivity (Wildman–Crippen MR) is 90.1 cm³/mol. The second-order valence-corrected chi connectivity index (χ2v) is 6.39. The van der Waals surface area contributed by atoms with Gasteiger partial charge >= 0.3 is 0 Å². The van der Waals surface area contributed by atoms with E-state index in [1.165, 1.54) is 0 Å². The summed E-state index contributed by atoms with van der Waals surface area (Å²) in [4.78, 5) is 1.59. The zero-order chi connectivity index (χ0) is 13.5. The molecule has 100 valence electrons. The Hall–Kier alpha value is -0.390. The molecule has 0 saturated heterocycles. The lowest BCUT2D eigenvalue weighted by Crippen LogP contribution is -2.18. The summed E-state index contributed by atoms with van der Waals surface area (Å²) in [6.45, 7) is 3.18. The molecule has 0 bridgehead atoms. The van der Waals surface area contributed by atoms with Crippen LogP contribution >= 0.6 is 35.7 Å². The van der Waals surface area contributed by atoms with Gasteiger partial charge in [-0.05, 0) is 36.3 Å². The van der Waals surface area contributed by atoms with Crippen molar-refractivity contribution in [2.45, 2.75) is 11.8 Å². The van der Waals surface area contributed by atoms with Gasteiger partial charge < -0.3 is 11.1 Å². The van der Waals surface area contributed by atoms with Crippen LogP contribution in [-0.2, 0) is 0 Å². The van der Waals surface area contributed by atoms with Crippen molar-refractivity contribution in [3.63, 3.8) is 0 Å². The van der Waals surface area contributed by atoms with Crippen LogP contribution in [0.5, 0.6) is 0 Å². The van der Waals surface area contributed by atoms with Crippen LogP contribution in [0, 0.1) is 5.92 Å². The van der Waals surface area contributed by atoms with Crippen LogP contribution in [0.2, 0.25) is 0 Å². The van der Waals surface area contributed by atoms with Crippen LogP contribution in [0.3, 0.4) is 0 Å². The van der Waals surface area contributed by atoms with Crippen molar-refractivity contribution in [2.75, 3.05) is 30.1 Å². The molecule has 0 aliphatic carbocycles. The topological polar surface area (TPSA) is 38.0 Å². The molecule has 0 spiro atoms. The Morgan fingerprint density at radius 2 is 2.17 bits per heavy atom. The van der Waals surface area contributed by atoms with Gasteiger partial charge in [0.05, 0.1) is 0 Å². The molecule has 0 aliphatic rings. The summed E-state index contributed by atoms with van der Waals surface area (Å²) < 4.78 is 0. The maximum Gasteiger partial charge on any atom is 0.107 e. The molecule has 0 fully saturated rings. The second kappa shape index (κ2) is 7.92. The molecule has 1 atom stereocenters. The van der Waals surface area contributed by atoms with Gasteiger partial charge in [-0.1, -0.05) is 25.2 Å². The average molecular weight is 301 g/mol. The summed E-state index contributed by atoms with van der Waals surface area (Å²) in [5.41, 5.74) is 7.84. The molecule has 0 amide bonds. The molecule has 1 aromatic carbocycles. The van der Waals surface area contributed by atoms with Crippen molar-refractivity contribution in [1.82, 2.24) is 0 Å². The summed E-state index contributed by atoms with van der Waals surface area (Å²) in [6, 6.07) is 6.13. The molecule has 1 aromatic rings. The van der Waals surface area contributed by atoms with E-state index in [1.807, 2.05) is 30.2 Å². The Balaban J connectivity index is 2.85. The van der Waals surface area contributed by atoms with Crippen LogP contribution in [-0.4, -0.2) is 29.8 Å². The van der Waals surface area contributed by atoms with Crippen molar-refractivity contribution in [3.05, 3.63) is 23.8 Å². The summed E-state index contributed by atoms with van der Waals surface area (Å²) in [6.07, 6.45) is 4.17. The van der Waals surface area contributed by atoms with Crippen LogP contribution in [0.25, 0.3) is 0 Å². The highest BCUT2D eigenvalue weighted by Crippen LogP contribution is 2.27. The molecule has 0 aromatic heterocycles. The zero-order valence-electron chi connectivity index (χ0n) is 11.0. The third-order valence-electron chi connectivity index (χ3n) is 2.58. The first-order valence-corrected chi connectivity index (χ1v) is 8.82. The number of nitrogens with one attached hydrogen (secondary N) is 1. The van der Waals surface area contributed by atoms with Crippen molar-refractivity contribution in [3.8, 4) is 0 Å². The van der Waals surface area contributed by atoms with E-state index < -0.39 is 0 Å². The minimum Gasteiger partial charge on any atom is -0.389 e. The number of thioether (sulfide) groups is 2. The molecular formula is C13H20N2S3. The Kier molecular flexibility index (Phi) is 6.89. The number of nitrogens with two attached hydrogens (primary N) is 1. The van der Waals surface area contributed by atoms with Gasteiger partial charge in [-0.15, -0.1) is 11.8 Å². The molecule has 0 radical (unpaired) electrons. The van der Waals surface area contributed by atoms with Crippen molar-refractivity contribution in [2.24, 2.45) is 11.7 Å². The Bertz CT molecular complexity index is 407. The molecule has 3 N–H and O–H groups in total. The van der Waals surface area contributed by atoms with E-state index in [1.54, 1.807) is 11.8 Å². The van der Waals surface area contributed by atoms with Crippen LogP contribution in [0.1, 0.15) is 12.5 Å². The molecular weight excluding hydrogens is 280 g/mol. The normalized spacial score (nSPS) is 12.2. The number of rotatable bonds is 7. The molecule has 1 rings (SSSR count). The van der Waals surface area contributed by atoms with Gasteiger partial charge in [0.15, 0.2) is 0 Å². The third kappa shape index (κ3) is 4.37. The van der Waals surface area contributed by atoms with Gasteiger partial charge in [0.2, 0.25) is 0 Å². The lowest BCUT2D eigenvalue weighted by Gasteiger charge is -2.17. The number of anilines is 1. The molecule has 2 nitrogen and oxygen atoms in total. The molecule has 0 heterocycles. The summed E-state index contributed by atoms with van der Waals surface area (Å²) in [5, 5.41) is 3.46. The Labute approximate surface area is 123 Å². The highest BCUT2D eigenvalue weighted by atomic mass is 32.2. The first-order chi connectivity index (χ1) is 8.60. The van der Waals surface area contributed by atoms with E-state index in [2.05, 4.69) is 24.6 Å². The van der Waals surface area contributed by atoms with E-state index in [4.69, 9.17) is 18.0 Å². The van der Waals surface area contributed by atoms with Crippen LogP contribution in [0.15, 0.2) is 23.1 Å². The lowest BCUT2D eigenvalue weighted by molar-refractivity contribution is 0.701. The maximum absolute atomic E-state index is 5.83. The van der Waals surface area contributed by atoms with E-state index in [9.17, 15) is 0 Å². The minimum atomic E-state index is 0.458. The SMILES string of the molecule is CSCC(C)CNc1cccc(SC)c1C(N)=S. The minimum absolute atomic E-state index is 0.458. The average Bonchev–Trinajstić information content (AvgIpc) is 2.35. The fourth-order valence-corrected chi connectivity index (χ4v) is 3.34. The van der Waals surface area contributed by atoms with Crippen LogP contribution < -0.4 is 11.1 Å². The lowest BCUT2D eigenvalue weighted by atomic mass is 10.1. The molecule has 0 saturated carbocycles. The first kappa shape index (κ1) is 15.7. The van der Waals surface area contributed by atoms with Crippen LogP contribution in [0.4, 0.5) is 5.69 Å². The van der Waals surface area contributed by atoms with Crippen molar-refractivity contribution < 1.29 is 0 Å².